The van der Waals surface area contributed by atoms with E-state index in [0.717, 1.165) is 0 Å². The van der Waals surface area contributed by atoms with E-state index in [2.05, 4.69) is 4.74 Å². The predicted octanol–water partition coefficient (Wildman–Crippen LogP) is -0.0538. The van der Waals surface area contributed by atoms with Crippen LogP contribution in [0, 0.1) is 0 Å². The molecule has 0 aliphatic carbocycles. The van der Waals surface area contributed by atoms with Crippen molar-refractivity contribution in [1.29, 1.82) is 0 Å². The van der Waals surface area contributed by atoms with Crippen LogP contribution in [0.15, 0.2) is 12.5 Å². The standard InChI is InChI=1S/C5H7NO2/c1-6-2-3-8-4-5(6)7/h2-3H,4H2,1H3. The fourth-order valence-corrected chi connectivity index (χ4v) is 0.439. The maximum absolute atomic E-state index is 10.5. The van der Waals surface area contributed by atoms with Gasteiger partial charge in [0, 0.05) is 13.2 Å². The van der Waals surface area contributed by atoms with Crippen LogP contribution in [0.25, 0.3) is 0 Å². The molecular formula is C5H7NO2. The first-order valence-electron chi connectivity index (χ1n) is 2.34. The molecule has 0 saturated carbocycles. The molecule has 0 saturated heterocycles. The average Bonchev–Trinajstić information content (AvgIpc) is 1.77. The van der Waals surface area contributed by atoms with Crippen LogP contribution < -0.4 is 0 Å². The van der Waals surface area contributed by atoms with Gasteiger partial charge in [0.25, 0.3) is 5.91 Å². The molecule has 1 amide bonds. The van der Waals surface area contributed by atoms with Gasteiger partial charge >= 0.3 is 0 Å². The summed E-state index contributed by atoms with van der Waals surface area (Å²) in [7, 11) is 1.70. The van der Waals surface area contributed by atoms with Crippen molar-refractivity contribution in [1.82, 2.24) is 4.90 Å². The molecule has 0 aromatic heterocycles. The monoisotopic (exact) mass is 113 g/mol. The molecule has 3 heteroatoms. The maximum atomic E-state index is 10.5. The molecule has 0 atom stereocenters. The molecule has 0 fully saturated rings. The number of hydrogen-bond donors (Lipinski definition) is 0. The zero-order chi connectivity index (χ0) is 5.98. The summed E-state index contributed by atoms with van der Waals surface area (Å²) in [6.07, 6.45) is 3.09. The number of carbonyl (C=O) groups excluding carboxylic acids is 1. The molecule has 0 bridgehead atoms. The van der Waals surface area contributed by atoms with E-state index >= 15 is 0 Å². The highest BCUT2D eigenvalue weighted by molar-refractivity contribution is 5.78. The van der Waals surface area contributed by atoms with Crippen LogP contribution in [0.3, 0.4) is 0 Å². The zero-order valence-electron chi connectivity index (χ0n) is 4.63. The molecule has 3 nitrogen and oxygen atoms in total. The lowest BCUT2D eigenvalue weighted by molar-refractivity contribution is -0.132. The third-order valence-corrected chi connectivity index (χ3v) is 0.981. The van der Waals surface area contributed by atoms with Gasteiger partial charge in [-0.1, -0.05) is 0 Å². The highest BCUT2D eigenvalue weighted by Gasteiger charge is 2.07. The average molecular weight is 113 g/mol. The summed E-state index contributed by atoms with van der Waals surface area (Å²) in [4.78, 5) is 12.0. The van der Waals surface area contributed by atoms with E-state index in [-0.39, 0.29) is 12.5 Å². The topological polar surface area (TPSA) is 29.5 Å². The van der Waals surface area contributed by atoms with E-state index < -0.39 is 0 Å². The van der Waals surface area contributed by atoms with Crippen LogP contribution in [0.4, 0.5) is 0 Å². The van der Waals surface area contributed by atoms with Crippen molar-refractivity contribution in [3.63, 3.8) is 0 Å². The second-order valence-corrected chi connectivity index (χ2v) is 1.60. The highest BCUT2D eigenvalue weighted by Crippen LogP contribution is 1.94. The predicted molar refractivity (Wildman–Crippen MR) is 27.9 cm³/mol. The van der Waals surface area contributed by atoms with Crippen LogP contribution in [0.5, 0.6) is 0 Å². The first-order chi connectivity index (χ1) is 3.80. The van der Waals surface area contributed by atoms with Gasteiger partial charge in [0.15, 0.2) is 6.61 Å². The van der Waals surface area contributed by atoms with E-state index in [4.69, 9.17) is 0 Å². The lowest BCUT2D eigenvalue weighted by Crippen LogP contribution is -2.27. The molecule has 0 aromatic rings. The molecule has 0 aromatic carbocycles. The van der Waals surface area contributed by atoms with Crippen molar-refractivity contribution >= 4 is 5.91 Å². The van der Waals surface area contributed by atoms with Crippen molar-refractivity contribution in [3.8, 4) is 0 Å². The van der Waals surface area contributed by atoms with Gasteiger partial charge in [-0.25, -0.2) is 0 Å². The number of hydrogen-bond acceptors (Lipinski definition) is 2. The minimum Gasteiger partial charge on any atom is -0.490 e. The van der Waals surface area contributed by atoms with Gasteiger partial charge in [-0.3, -0.25) is 4.79 Å². The van der Waals surface area contributed by atoms with E-state index in [9.17, 15) is 4.79 Å². The first kappa shape index (κ1) is 5.15. The zero-order valence-corrected chi connectivity index (χ0v) is 4.63. The molecule has 1 aliphatic rings. The Labute approximate surface area is 47.5 Å². The molecular weight excluding hydrogens is 106 g/mol. The van der Waals surface area contributed by atoms with E-state index in [1.54, 1.807) is 13.2 Å². The molecule has 1 heterocycles. The van der Waals surface area contributed by atoms with Gasteiger partial charge in [-0.05, 0) is 0 Å². The van der Waals surface area contributed by atoms with Gasteiger partial charge in [0.1, 0.15) is 0 Å². The largest absolute Gasteiger partial charge is 0.490 e. The van der Waals surface area contributed by atoms with Crippen molar-refractivity contribution in [2.24, 2.45) is 0 Å². The summed E-state index contributed by atoms with van der Waals surface area (Å²) in [5.41, 5.74) is 0. The van der Waals surface area contributed by atoms with Gasteiger partial charge in [0.05, 0.1) is 6.26 Å². The molecule has 44 valence electrons. The van der Waals surface area contributed by atoms with Gasteiger partial charge in [-0.2, -0.15) is 0 Å². The lowest BCUT2D eigenvalue weighted by atomic mass is 10.5. The third-order valence-electron chi connectivity index (χ3n) is 0.981. The van der Waals surface area contributed by atoms with E-state index in [1.807, 2.05) is 0 Å². The van der Waals surface area contributed by atoms with Gasteiger partial charge in [-0.15, -0.1) is 0 Å². The minimum absolute atomic E-state index is 0.00694. The Morgan fingerprint density at radius 3 is 3.00 bits per heavy atom. The van der Waals surface area contributed by atoms with E-state index in [1.165, 1.54) is 11.2 Å². The molecule has 0 spiro atoms. The second-order valence-electron chi connectivity index (χ2n) is 1.60. The Balaban J connectivity index is 2.60. The van der Waals surface area contributed by atoms with Crippen LogP contribution in [0.1, 0.15) is 0 Å². The highest BCUT2D eigenvalue weighted by atomic mass is 16.5. The summed E-state index contributed by atoms with van der Waals surface area (Å²) in [6.45, 7) is 0.174. The number of nitrogens with zero attached hydrogens (tertiary/aromatic N) is 1. The SMILES string of the molecule is CN1C=COCC1=O. The van der Waals surface area contributed by atoms with Crippen LogP contribution in [-0.4, -0.2) is 24.5 Å². The summed E-state index contributed by atoms with van der Waals surface area (Å²) in [5.74, 6) is -0.00694. The van der Waals surface area contributed by atoms with Gasteiger partial charge in [0.2, 0.25) is 0 Å². The summed E-state index contributed by atoms with van der Waals surface area (Å²) < 4.78 is 4.68. The quantitative estimate of drug-likeness (QED) is 0.440. The lowest BCUT2D eigenvalue weighted by Gasteiger charge is -2.15. The Bertz CT molecular complexity index is 130. The number of rotatable bonds is 0. The van der Waals surface area contributed by atoms with Gasteiger partial charge < -0.3 is 9.64 Å². The summed E-state index contributed by atoms with van der Waals surface area (Å²) >= 11 is 0. The van der Waals surface area contributed by atoms with Crippen molar-refractivity contribution in [2.45, 2.75) is 0 Å². The fourth-order valence-electron chi connectivity index (χ4n) is 0.439. The Morgan fingerprint density at radius 1 is 1.88 bits per heavy atom. The summed E-state index contributed by atoms with van der Waals surface area (Å²) in [6, 6.07) is 0. The molecule has 0 N–H and O–H groups in total. The fraction of sp³-hybridized carbons (Fsp3) is 0.400. The Kier molecular flexibility index (Phi) is 1.20. The van der Waals surface area contributed by atoms with Crippen molar-refractivity contribution in [2.75, 3.05) is 13.7 Å². The maximum Gasteiger partial charge on any atom is 0.264 e. The van der Waals surface area contributed by atoms with Crippen molar-refractivity contribution < 1.29 is 9.53 Å². The van der Waals surface area contributed by atoms with Crippen LogP contribution in [-0.2, 0) is 9.53 Å². The van der Waals surface area contributed by atoms with Crippen molar-refractivity contribution in [3.05, 3.63) is 12.5 Å². The first-order valence-corrected chi connectivity index (χ1v) is 2.34. The Morgan fingerprint density at radius 2 is 2.62 bits per heavy atom. The molecule has 1 rings (SSSR count). The normalized spacial score (nSPS) is 18.6. The minimum atomic E-state index is -0.00694. The van der Waals surface area contributed by atoms with E-state index in [0.29, 0.717) is 0 Å². The molecule has 8 heavy (non-hydrogen) atoms. The number of ether oxygens (including phenoxy) is 1. The molecule has 0 unspecified atom stereocenters. The second kappa shape index (κ2) is 1.86. The number of amides is 1. The molecule has 0 radical (unpaired) electrons. The number of carbonyl (C=O) groups is 1. The molecule has 1 aliphatic heterocycles. The third kappa shape index (κ3) is 0.804. The van der Waals surface area contributed by atoms with Crippen LogP contribution in [0.2, 0.25) is 0 Å². The Hall–Kier alpha value is -0.990. The van der Waals surface area contributed by atoms with Crippen LogP contribution >= 0.6 is 0 Å². The summed E-state index contributed by atoms with van der Waals surface area (Å²) in [5, 5.41) is 0. The number of likely N-dealkylation sites (N-methyl/N-ethyl adjacent to an activating group) is 1. The smallest absolute Gasteiger partial charge is 0.264 e.